The van der Waals surface area contributed by atoms with Crippen molar-refractivity contribution in [2.24, 2.45) is 0 Å². The molecule has 0 spiro atoms. The van der Waals surface area contributed by atoms with Crippen LogP contribution in [-0.2, 0) is 14.3 Å². The summed E-state index contributed by atoms with van der Waals surface area (Å²) >= 11 is 0. The lowest BCUT2D eigenvalue weighted by atomic mass is 9.95. The summed E-state index contributed by atoms with van der Waals surface area (Å²) < 4.78 is 10.9. The van der Waals surface area contributed by atoms with Gasteiger partial charge < -0.3 is 9.47 Å². The Hall–Kier alpha value is -3.74. The molecule has 1 atom stereocenters. The number of hydrogen-bond acceptors (Lipinski definition) is 6. The van der Waals surface area contributed by atoms with E-state index in [2.05, 4.69) is 5.10 Å². The van der Waals surface area contributed by atoms with Crippen molar-refractivity contribution < 1.29 is 19.1 Å². The molecule has 7 heteroatoms. The van der Waals surface area contributed by atoms with Crippen LogP contribution in [0.4, 0.5) is 0 Å². The molecule has 7 nitrogen and oxygen atoms in total. The fourth-order valence-electron chi connectivity index (χ4n) is 3.15. The van der Waals surface area contributed by atoms with Crippen LogP contribution in [0.1, 0.15) is 30.2 Å². The van der Waals surface area contributed by atoms with E-state index in [1.807, 2.05) is 48.5 Å². The minimum atomic E-state index is -1.03. The number of rotatable bonds is 6. The highest BCUT2D eigenvalue weighted by Gasteiger charge is 2.29. The maximum Gasteiger partial charge on any atom is 0.344 e. The number of hydrogen-bond donors (Lipinski definition) is 0. The van der Waals surface area contributed by atoms with E-state index in [0.29, 0.717) is 22.4 Å². The van der Waals surface area contributed by atoms with Crippen molar-refractivity contribution in [3.63, 3.8) is 0 Å². The van der Waals surface area contributed by atoms with Crippen LogP contribution in [0.2, 0.25) is 0 Å². The summed E-state index contributed by atoms with van der Waals surface area (Å²) in [7, 11) is 1.23. The molecule has 0 bridgehead atoms. The summed E-state index contributed by atoms with van der Waals surface area (Å²) in [5, 5.41) is 4.49. The van der Waals surface area contributed by atoms with E-state index in [9.17, 15) is 14.4 Å². The van der Waals surface area contributed by atoms with Crippen molar-refractivity contribution >= 4 is 11.9 Å². The first-order valence-electron chi connectivity index (χ1n) is 9.52. The molecule has 0 aliphatic rings. The zero-order valence-electron chi connectivity index (χ0n) is 17.0. The second kappa shape index (κ2) is 9.17. The van der Waals surface area contributed by atoms with Crippen molar-refractivity contribution in [3.8, 4) is 22.4 Å². The van der Waals surface area contributed by atoms with Gasteiger partial charge in [0.05, 0.1) is 19.4 Å². The fourth-order valence-corrected chi connectivity index (χ4v) is 3.15. The summed E-state index contributed by atoms with van der Waals surface area (Å²) in [6.07, 6.45) is 0. The van der Waals surface area contributed by atoms with E-state index in [4.69, 9.17) is 9.47 Å². The molecular weight excluding hydrogens is 384 g/mol. The largest absolute Gasteiger partial charge is 0.467 e. The molecule has 3 aromatic rings. The molecule has 0 aliphatic heterocycles. The van der Waals surface area contributed by atoms with Crippen LogP contribution in [0.25, 0.3) is 22.4 Å². The van der Waals surface area contributed by atoms with Gasteiger partial charge in [0, 0.05) is 11.1 Å². The van der Waals surface area contributed by atoms with Gasteiger partial charge in [-0.3, -0.25) is 4.79 Å². The SMILES string of the molecule is CCOC(=O)c1c(-c2ccccc2)c(-c2ccccc2)nn([C@@H](C)C(=O)OC)c1=O. The molecule has 1 heterocycles. The predicted octanol–water partition coefficient (Wildman–Crippen LogP) is 3.49. The van der Waals surface area contributed by atoms with Crippen LogP contribution in [0.3, 0.4) is 0 Å². The van der Waals surface area contributed by atoms with Gasteiger partial charge in [-0.15, -0.1) is 0 Å². The van der Waals surface area contributed by atoms with Crippen LogP contribution in [0.15, 0.2) is 65.5 Å². The van der Waals surface area contributed by atoms with Crippen LogP contribution >= 0.6 is 0 Å². The Morgan fingerprint density at radius 3 is 2.10 bits per heavy atom. The third-order valence-corrected chi connectivity index (χ3v) is 4.61. The minimum absolute atomic E-state index is 0.0993. The lowest BCUT2D eigenvalue weighted by Crippen LogP contribution is -2.36. The maximum absolute atomic E-state index is 13.3. The highest BCUT2D eigenvalue weighted by Crippen LogP contribution is 2.32. The van der Waals surface area contributed by atoms with Crippen LogP contribution in [0.5, 0.6) is 0 Å². The molecule has 0 N–H and O–H groups in total. The molecule has 0 saturated carbocycles. The van der Waals surface area contributed by atoms with Gasteiger partial charge in [-0.2, -0.15) is 5.10 Å². The van der Waals surface area contributed by atoms with Gasteiger partial charge in [-0.1, -0.05) is 60.7 Å². The molecule has 0 radical (unpaired) electrons. The molecule has 3 rings (SSSR count). The van der Waals surface area contributed by atoms with Gasteiger partial charge in [0.15, 0.2) is 6.04 Å². The Balaban J connectivity index is 2.44. The Kier molecular flexibility index (Phi) is 6.41. The van der Waals surface area contributed by atoms with Gasteiger partial charge in [0.2, 0.25) is 0 Å². The Morgan fingerprint density at radius 1 is 1.00 bits per heavy atom. The highest BCUT2D eigenvalue weighted by atomic mass is 16.5. The van der Waals surface area contributed by atoms with Crippen molar-refractivity contribution in [3.05, 3.63) is 76.6 Å². The van der Waals surface area contributed by atoms with Gasteiger partial charge >= 0.3 is 11.9 Å². The van der Waals surface area contributed by atoms with Crippen LogP contribution < -0.4 is 5.56 Å². The third-order valence-electron chi connectivity index (χ3n) is 4.61. The number of aromatic nitrogens is 2. The quantitative estimate of drug-likeness (QED) is 0.583. The molecule has 0 saturated heterocycles. The lowest BCUT2D eigenvalue weighted by Gasteiger charge is -2.19. The van der Waals surface area contributed by atoms with Gasteiger partial charge in [0.25, 0.3) is 5.56 Å². The average Bonchev–Trinajstić information content (AvgIpc) is 2.79. The van der Waals surface area contributed by atoms with Crippen LogP contribution in [-0.4, -0.2) is 35.4 Å². The van der Waals surface area contributed by atoms with E-state index in [-0.39, 0.29) is 12.2 Å². The van der Waals surface area contributed by atoms with E-state index in [1.54, 1.807) is 19.1 Å². The second-order valence-electron chi connectivity index (χ2n) is 6.50. The molecule has 2 aromatic carbocycles. The standard InChI is InChI=1S/C23H22N2O5/c1-4-30-23(28)19-18(16-11-7-5-8-12-16)20(17-13-9-6-10-14-17)24-25(21(19)26)15(2)22(27)29-3/h5-15H,4H2,1-3H3/t15-/m0/s1. The first kappa shape index (κ1) is 21.0. The van der Waals surface area contributed by atoms with Gasteiger partial charge in [0.1, 0.15) is 5.56 Å². The number of methoxy groups -OCH3 is 1. The minimum Gasteiger partial charge on any atom is -0.467 e. The number of benzene rings is 2. The van der Waals surface area contributed by atoms with E-state index in [0.717, 1.165) is 4.68 Å². The summed E-state index contributed by atoms with van der Waals surface area (Å²) in [5.74, 6) is -1.42. The van der Waals surface area contributed by atoms with Crippen LogP contribution in [0, 0.1) is 0 Å². The van der Waals surface area contributed by atoms with E-state index in [1.165, 1.54) is 14.0 Å². The Labute approximate surface area is 173 Å². The van der Waals surface area contributed by atoms with Crippen molar-refractivity contribution in [1.29, 1.82) is 0 Å². The van der Waals surface area contributed by atoms with E-state index >= 15 is 0 Å². The zero-order valence-corrected chi connectivity index (χ0v) is 17.0. The Morgan fingerprint density at radius 2 is 1.57 bits per heavy atom. The summed E-state index contributed by atoms with van der Waals surface area (Å²) in [5.41, 5.74) is 1.19. The Bertz CT molecular complexity index is 1110. The van der Waals surface area contributed by atoms with Gasteiger partial charge in [-0.05, 0) is 19.4 Å². The predicted molar refractivity (Wildman–Crippen MR) is 112 cm³/mol. The molecule has 154 valence electrons. The van der Waals surface area contributed by atoms with E-state index < -0.39 is 23.5 Å². The average molecular weight is 406 g/mol. The molecule has 0 aliphatic carbocycles. The first-order chi connectivity index (χ1) is 14.5. The third kappa shape index (κ3) is 4.00. The smallest absolute Gasteiger partial charge is 0.344 e. The number of carbonyl (C=O) groups is 2. The number of nitrogens with zero attached hydrogens (tertiary/aromatic N) is 2. The summed E-state index contributed by atoms with van der Waals surface area (Å²) in [4.78, 5) is 38.3. The number of ether oxygens (including phenoxy) is 2. The lowest BCUT2D eigenvalue weighted by molar-refractivity contribution is -0.144. The van der Waals surface area contributed by atoms with Crippen molar-refractivity contribution in [2.45, 2.75) is 19.9 Å². The molecule has 0 fully saturated rings. The molecular formula is C23H22N2O5. The second-order valence-corrected chi connectivity index (χ2v) is 6.50. The molecule has 30 heavy (non-hydrogen) atoms. The number of carbonyl (C=O) groups excluding carboxylic acids is 2. The molecule has 1 aromatic heterocycles. The first-order valence-corrected chi connectivity index (χ1v) is 9.52. The fraction of sp³-hybridized carbons (Fsp3) is 0.217. The maximum atomic E-state index is 13.3. The molecule has 0 unspecified atom stereocenters. The highest BCUT2D eigenvalue weighted by molar-refractivity contribution is 6.01. The van der Waals surface area contributed by atoms with Gasteiger partial charge in [-0.25, -0.2) is 14.3 Å². The van der Waals surface area contributed by atoms with Crippen molar-refractivity contribution in [1.82, 2.24) is 9.78 Å². The topological polar surface area (TPSA) is 87.5 Å². The summed E-state index contributed by atoms with van der Waals surface area (Å²) in [6, 6.07) is 17.2. The normalized spacial score (nSPS) is 11.6. The molecule has 0 amide bonds. The van der Waals surface area contributed by atoms with Crippen molar-refractivity contribution in [2.75, 3.05) is 13.7 Å². The zero-order chi connectivity index (χ0) is 21.7. The monoisotopic (exact) mass is 406 g/mol. The number of esters is 2. The summed E-state index contributed by atoms with van der Waals surface area (Å²) in [6.45, 7) is 3.25.